The molecule has 0 aliphatic rings. The SMILES string of the molecule is Cc1cc(Br)c(S(=O)(=O)N(C)CCN)cc1Br. The van der Waals surface area contributed by atoms with Gasteiger partial charge in [-0.1, -0.05) is 15.9 Å². The molecule has 0 bridgehead atoms. The molecule has 0 atom stereocenters. The molecule has 0 fully saturated rings. The van der Waals surface area contributed by atoms with Gasteiger partial charge in [0.25, 0.3) is 0 Å². The summed E-state index contributed by atoms with van der Waals surface area (Å²) in [6, 6.07) is 3.37. The zero-order valence-electron chi connectivity index (χ0n) is 9.57. The Labute approximate surface area is 118 Å². The molecule has 0 radical (unpaired) electrons. The summed E-state index contributed by atoms with van der Waals surface area (Å²) >= 11 is 6.61. The van der Waals surface area contributed by atoms with E-state index in [0.29, 0.717) is 17.6 Å². The quantitative estimate of drug-likeness (QED) is 0.863. The third kappa shape index (κ3) is 3.29. The van der Waals surface area contributed by atoms with Crippen LogP contribution in [0.15, 0.2) is 26.0 Å². The Morgan fingerprint density at radius 1 is 1.29 bits per heavy atom. The highest BCUT2D eigenvalue weighted by Crippen LogP contribution is 2.30. The van der Waals surface area contributed by atoms with E-state index >= 15 is 0 Å². The number of rotatable bonds is 4. The van der Waals surface area contributed by atoms with Gasteiger partial charge in [0.15, 0.2) is 0 Å². The van der Waals surface area contributed by atoms with Crippen molar-refractivity contribution in [2.24, 2.45) is 5.73 Å². The van der Waals surface area contributed by atoms with Crippen molar-refractivity contribution in [3.63, 3.8) is 0 Å². The smallest absolute Gasteiger partial charge is 0.244 e. The van der Waals surface area contributed by atoms with Gasteiger partial charge in [0.1, 0.15) is 0 Å². The standard InChI is InChI=1S/C10H14Br2N2O2S/c1-7-5-9(12)10(6-8(7)11)17(15,16)14(2)4-3-13/h5-6H,3-4,13H2,1-2H3. The lowest BCUT2D eigenvalue weighted by Crippen LogP contribution is -2.32. The number of nitrogens with two attached hydrogens (primary N) is 1. The summed E-state index contributed by atoms with van der Waals surface area (Å²) < 4.78 is 27.0. The van der Waals surface area contributed by atoms with Crippen LogP contribution in [0.3, 0.4) is 0 Å². The van der Waals surface area contributed by atoms with Crippen LogP contribution in [0.4, 0.5) is 0 Å². The van der Waals surface area contributed by atoms with Crippen molar-refractivity contribution in [2.45, 2.75) is 11.8 Å². The van der Waals surface area contributed by atoms with Crippen molar-refractivity contribution in [1.82, 2.24) is 4.31 Å². The first-order chi connectivity index (χ1) is 7.80. The third-order valence-corrected chi connectivity index (χ3v) is 6.02. The molecule has 0 saturated carbocycles. The van der Waals surface area contributed by atoms with Crippen molar-refractivity contribution in [3.8, 4) is 0 Å². The van der Waals surface area contributed by atoms with E-state index in [-0.39, 0.29) is 4.90 Å². The summed E-state index contributed by atoms with van der Waals surface area (Å²) in [6.45, 7) is 2.48. The number of benzene rings is 1. The van der Waals surface area contributed by atoms with Crippen molar-refractivity contribution in [3.05, 3.63) is 26.6 Å². The van der Waals surface area contributed by atoms with Crippen LogP contribution in [-0.4, -0.2) is 32.9 Å². The Kier molecular flexibility index (Phi) is 5.15. The minimum Gasteiger partial charge on any atom is -0.329 e. The number of nitrogens with zero attached hydrogens (tertiary/aromatic N) is 1. The molecule has 0 heterocycles. The molecule has 1 aromatic carbocycles. The van der Waals surface area contributed by atoms with E-state index in [0.717, 1.165) is 10.0 Å². The second kappa shape index (κ2) is 5.79. The molecule has 17 heavy (non-hydrogen) atoms. The first-order valence-corrected chi connectivity index (χ1v) is 7.95. The zero-order chi connectivity index (χ0) is 13.2. The molecule has 2 N–H and O–H groups in total. The number of halogens is 2. The second-order valence-corrected chi connectivity index (χ2v) is 7.37. The summed E-state index contributed by atoms with van der Waals surface area (Å²) in [5.74, 6) is 0. The summed E-state index contributed by atoms with van der Waals surface area (Å²) in [7, 11) is -1.98. The van der Waals surface area contributed by atoms with E-state index in [1.165, 1.54) is 11.4 Å². The molecule has 0 amide bonds. The fourth-order valence-corrected chi connectivity index (χ4v) is 4.12. The highest BCUT2D eigenvalue weighted by atomic mass is 79.9. The van der Waals surface area contributed by atoms with E-state index < -0.39 is 10.0 Å². The monoisotopic (exact) mass is 384 g/mol. The van der Waals surface area contributed by atoms with Crippen LogP contribution in [0.5, 0.6) is 0 Å². The average Bonchev–Trinajstić information content (AvgIpc) is 2.23. The van der Waals surface area contributed by atoms with E-state index in [1.54, 1.807) is 12.1 Å². The maximum absolute atomic E-state index is 12.2. The van der Waals surface area contributed by atoms with Crippen LogP contribution in [0, 0.1) is 6.92 Å². The lowest BCUT2D eigenvalue weighted by Gasteiger charge is -2.17. The van der Waals surface area contributed by atoms with Crippen molar-refractivity contribution >= 4 is 41.9 Å². The molecule has 0 aliphatic heterocycles. The van der Waals surface area contributed by atoms with E-state index in [4.69, 9.17) is 5.73 Å². The lowest BCUT2D eigenvalue weighted by molar-refractivity contribution is 0.476. The Bertz CT molecular complexity index is 517. The highest BCUT2D eigenvalue weighted by Gasteiger charge is 2.23. The predicted octanol–water partition coefficient (Wildman–Crippen LogP) is 2.10. The summed E-state index contributed by atoms with van der Waals surface area (Å²) in [6.07, 6.45) is 0. The minimum atomic E-state index is -3.49. The first-order valence-electron chi connectivity index (χ1n) is 4.92. The van der Waals surface area contributed by atoms with Crippen LogP contribution in [0.25, 0.3) is 0 Å². The fraction of sp³-hybridized carbons (Fsp3) is 0.400. The molecule has 1 aromatic rings. The van der Waals surface area contributed by atoms with Crippen LogP contribution >= 0.6 is 31.9 Å². The Morgan fingerprint density at radius 2 is 1.88 bits per heavy atom. The number of likely N-dealkylation sites (N-methyl/N-ethyl adjacent to an activating group) is 1. The number of hydrogen-bond acceptors (Lipinski definition) is 3. The minimum absolute atomic E-state index is 0.242. The number of aryl methyl sites for hydroxylation is 1. The molecule has 0 saturated heterocycles. The van der Waals surface area contributed by atoms with E-state index in [2.05, 4.69) is 31.9 Å². The van der Waals surface area contributed by atoms with E-state index in [9.17, 15) is 8.42 Å². The van der Waals surface area contributed by atoms with Crippen LogP contribution < -0.4 is 5.73 Å². The van der Waals surface area contributed by atoms with Crippen LogP contribution in [0.2, 0.25) is 0 Å². The zero-order valence-corrected chi connectivity index (χ0v) is 13.6. The molecule has 0 aromatic heterocycles. The largest absolute Gasteiger partial charge is 0.329 e. The van der Waals surface area contributed by atoms with Gasteiger partial charge in [-0.15, -0.1) is 0 Å². The predicted molar refractivity (Wildman–Crippen MR) is 75.4 cm³/mol. The maximum atomic E-state index is 12.2. The van der Waals surface area contributed by atoms with E-state index in [1.807, 2.05) is 6.92 Å². The average molecular weight is 386 g/mol. The van der Waals surface area contributed by atoms with Gasteiger partial charge >= 0.3 is 0 Å². The van der Waals surface area contributed by atoms with Crippen molar-refractivity contribution in [1.29, 1.82) is 0 Å². The summed E-state index contributed by atoms with van der Waals surface area (Å²) in [4.78, 5) is 0.242. The molecular weight excluding hydrogens is 372 g/mol. The molecule has 1 rings (SSSR count). The summed E-state index contributed by atoms with van der Waals surface area (Å²) in [5, 5.41) is 0. The molecule has 0 spiro atoms. The van der Waals surface area contributed by atoms with Gasteiger partial charge in [0.05, 0.1) is 4.90 Å². The van der Waals surface area contributed by atoms with Gasteiger partial charge in [0.2, 0.25) is 10.0 Å². The van der Waals surface area contributed by atoms with Gasteiger partial charge in [0, 0.05) is 29.1 Å². The molecule has 0 unspecified atom stereocenters. The second-order valence-electron chi connectivity index (χ2n) is 3.65. The van der Waals surface area contributed by atoms with Gasteiger partial charge in [-0.2, -0.15) is 4.31 Å². The number of sulfonamides is 1. The molecule has 96 valence electrons. The van der Waals surface area contributed by atoms with Gasteiger partial charge < -0.3 is 5.73 Å². The molecule has 0 aliphatic carbocycles. The van der Waals surface area contributed by atoms with Gasteiger partial charge in [-0.25, -0.2) is 8.42 Å². The topological polar surface area (TPSA) is 63.4 Å². The normalized spacial score (nSPS) is 12.1. The first kappa shape index (κ1) is 15.1. The maximum Gasteiger partial charge on any atom is 0.244 e. The molecular formula is C10H14Br2N2O2S. The van der Waals surface area contributed by atoms with Crippen LogP contribution in [-0.2, 0) is 10.0 Å². The summed E-state index contributed by atoms with van der Waals surface area (Å²) in [5.41, 5.74) is 6.34. The van der Waals surface area contributed by atoms with Gasteiger partial charge in [-0.3, -0.25) is 0 Å². The van der Waals surface area contributed by atoms with Crippen molar-refractivity contribution in [2.75, 3.05) is 20.1 Å². The molecule has 4 nitrogen and oxygen atoms in total. The Hall–Kier alpha value is 0.0500. The van der Waals surface area contributed by atoms with Crippen molar-refractivity contribution < 1.29 is 8.42 Å². The Balaban J connectivity index is 3.29. The Morgan fingerprint density at radius 3 is 2.41 bits per heavy atom. The number of hydrogen-bond donors (Lipinski definition) is 1. The van der Waals surface area contributed by atoms with Crippen LogP contribution in [0.1, 0.15) is 5.56 Å². The molecule has 7 heteroatoms. The van der Waals surface area contributed by atoms with Gasteiger partial charge in [-0.05, 0) is 40.5 Å². The highest BCUT2D eigenvalue weighted by molar-refractivity contribution is 9.11. The third-order valence-electron chi connectivity index (χ3n) is 2.35. The lowest BCUT2D eigenvalue weighted by atomic mass is 10.2. The fourth-order valence-electron chi connectivity index (χ4n) is 1.30.